The summed E-state index contributed by atoms with van der Waals surface area (Å²) in [5.74, 6) is -1.15. The van der Waals surface area contributed by atoms with E-state index < -0.39 is 23.0 Å². The van der Waals surface area contributed by atoms with Crippen molar-refractivity contribution in [2.24, 2.45) is 5.41 Å². The van der Waals surface area contributed by atoms with E-state index in [-0.39, 0.29) is 5.91 Å². The van der Waals surface area contributed by atoms with Crippen LogP contribution in [-0.2, 0) is 9.59 Å². The molecule has 0 spiro atoms. The summed E-state index contributed by atoms with van der Waals surface area (Å²) in [6.45, 7) is 8.32. The normalized spacial score (nSPS) is 25.1. The number of rotatable bonds is 5. The minimum atomic E-state index is -0.981. The van der Waals surface area contributed by atoms with Crippen molar-refractivity contribution < 1.29 is 14.7 Å². The number of aliphatic carboxylic acids is 1. The predicted molar refractivity (Wildman–Crippen MR) is 73.9 cm³/mol. The molecule has 1 amide bonds. The molecule has 0 aliphatic carbocycles. The third-order valence-electron chi connectivity index (χ3n) is 3.74. The monoisotopic (exact) mass is 270 g/mol. The van der Waals surface area contributed by atoms with E-state index in [1.54, 1.807) is 0 Å². The molecule has 0 saturated carbocycles. The summed E-state index contributed by atoms with van der Waals surface area (Å²) in [5.41, 5.74) is -1.08. The van der Waals surface area contributed by atoms with Crippen LogP contribution in [0.3, 0.4) is 0 Å². The van der Waals surface area contributed by atoms with E-state index in [0.29, 0.717) is 0 Å². The summed E-state index contributed by atoms with van der Waals surface area (Å²) < 4.78 is 0. The summed E-state index contributed by atoms with van der Waals surface area (Å²) in [6, 6.07) is -0.865. The topological polar surface area (TPSA) is 78.4 Å². The highest BCUT2D eigenvalue weighted by Crippen LogP contribution is 2.27. The lowest BCUT2D eigenvalue weighted by Crippen LogP contribution is -2.59. The van der Waals surface area contributed by atoms with Gasteiger partial charge in [-0.05, 0) is 31.2 Å². The Morgan fingerprint density at radius 3 is 2.42 bits per heavy atom. The summed E-state index contributed by atoms with van der Waals surface area (Å²) >= 11 is 0. The second kappa shape index (κ2) is 5.90. The SMILES string of the molecule is CCCC1(C(=O)N[C@@H](C(=O)O)C(C)(C)C)CCCN1. The van der Waals surface area contributed by atoms with Crippen LogP contribution in [0, 0.1) is 5.41 Å². The van der Waals surface area contributed by atoms with Crippen LogP contribution >= 0.6 is 0 Å². The van der Waals surface area contributed by atoms with Gasteiger partial charge in [-0.25, -0.2) is 4.79 Å². The van der Waals surface area contributed by atoms with E-state index in [1.807, 2.05) is 27.7 Å². The summed E-state index contributed by atoms with van der Waals surface area (Å²) in [4.78, 5) is 23.8. The van der Waals surface area contributed by atoms with E-state index >= 15 is 0 Å². The first-order chi connectivity index (χ1) is 8.73. The zero-order valence-electron chi connectivity index (χ0n) is 12.4. The highest BCUT2D eigenvalue weighted by Gasteiger charge is 2.43. The number of carboxylic acid groups (broad SMARTS) is 1. The van der Waals surface area contributed by atoms with Crippen LogP contribution in [0.5, 0.6) is 0 Å². The standard InChI is InChI=1S/C14H26N2O3/c1-5-7-14(8-6-9-15-14)12(19)16-10(11(17)18)13(2,3)4/h10,15H,5-9H2,1-4H3,(H,16,19)(H,17,18)/t10-,14?/m0/s1. The molecule has 1 unspecified atom stereocenters. The molecule has 0 aromatic rings. The van der Waals surface area contributed by atoms with Crippen LogP contribution in [-0.4, -0.2) is 35.1 Å². The number of hydrogen-bond donors (Lipinski definition) is 3. The second-order valence-corrected chi connectivity index (χ2v) is 6.47. The molecule has 1 rings (SSSR count). The van der Waals surface area contributed by atoms with Crippen LogP contribution in [0.25, 0.3) is 0 Å². The van der Waals surface area contributed by atoms with Crippen molar-refractivity contribution in [3.63, 3.8) is 0 Å². The maximum absolute atomic E-state index is 12.5. The van der Waals surface area contributed by atoms with Gasteiger partial charge in [0.25, 0.3) is 0 Å². The van der Waals surface area contributed by atoms with Crippen molar-refractivity contribution in [1.29, 1.82) is 0 Å². The molecule has 1 heterocycles. The Morgan fingerprint density at radius 1 is 1.42 bits per heavy atom. The Morgan fingerprint density at radius 2 is 2.05 bits per heavy atom. The Hall–Kier alpha value is -1.10. The van der Waals surface area contributed by atoms with Crippen LogP contribution in [0.1, 0.15) is 53.4 Å². The van der Waals surface area contributed by atoms with Gasteiger partial charge in [-0.15, -0.1) is 0 Å². The molecule has 0 bridgehead atoms. The van der Waals surface area contributed by atoms with Gasteiger partial charge in [0.15, 0.2) is 0 Å². The minimum Gasteiger partial charge on any atom is -0.480 e. The zero-order chi connectivity index (χ0) is 14.7. The van der Waals surface area contributed by atoms with Gasteiger partial charge in [0.2, 0.25) is 5.91 Å². The fourth-order valence-electron chi connectivity index (χ4n) is 2.67. The lowest BCUT2D eigenvalue weighted by molar-refractivity contribution is -0.146. The molecule has 110 valence electrons. The number of amides is 1. The number of carbonyl (C=O) groups is 2. The minimum absolute atomic E-state index is 0.172. The number of carboxylic acids is 1. The van der Waals surface area contributed by atoms with Crippen LogP contribution in [0.4, 0.5) is 0 Å². The predicted octanol–water partition coefficient (Wildman–Crippen LogP) is 1.52. The maximum Gasteiger partial charge on any atom is 0.326 e. The molecule has 1 fully saturated rings. The van der Waals surface area contributed by atoms with Gasteiger partial charge in [0.1, 0.15) is 6.04 Å². The molecule has 2 atom stereocenters. The van der Waals surface area contributed by atoms with Crippen molar-refractivity contribution in [1.82, 2.24) is 10.6 Å². The molecule has 0 aromatic heterocycles. The van der Waals surface area contributed by atoms with Crippen LogP contribution < -0.4 is 10.6 Å². The second-order valence-electron chi connectivity index (χ2n) is 6.47. The quantitative estimate of drug-likeness (QED) is 0.708. The van der Waals surface area contributed by atoms with E-state index in [0.717, 1.165) is 32.2 Å². The summed E-state index contributed by atoms with van der Waals surface area (Å²) in [6.07, 6.45) is 3.38. The van der Waals surface area contributed by atoms with E-state index in [2.05, 4.69) is 10.6 Å². The Labute approximate surface area is 115 Å². The molecule has 0 radical (unpaired) electrons. The Balaban J connectivity index is 2.83. The first kappa shape index (κ1) is 16.0. The van der Waals surface area contributed by atoms with Gasteiger partial charge in [-0.1, -0.05) is 34.1 Å². The molecule has 3 N–H and O–H groups in total. The molecule has 5 heteroatoms. The van der Waals surface area contributed by atoms with E-state index in [9.17, 15) is 14.7 Å². The van der Waals surface area contributed by atoms with Crippen molar-refractivity contribution in [2.75, 3.05) is 6.54 Å². The van der Waals surface area contributed by atoms with Crippen molar-refractivity contribution in [3.8, 4) is 0 Å². The fourth-order valence-corrected chi connectivity index (χ4v) is 2.67. The maximum atomic E-state index is 12.5. The lowest BCUT2D eigenvalue weighted by Gasteiger charge is -2.33. The van der Waals surface area contributed by atoms with Crippen molar-refractivity contribution in [2.45, 2.75) is 65.0 Å². The Bertz CT molecular complexity index is 341. The molecule has 0 aromatic carbocycles. The largest absolute Gasteiger partial charge is 0.480 e. The number of hydrogen-bond acceptors (Lipinski definition) is 3. The van der Waals surface area contributed by atoms with Gasteiger partial charge in [0.05, 0.1) is 5.54 Å². The van der Waals surface area contributed by atoms with Crippen molar-refractivity contribution >= 4 is 11.9 Å². The van der Waals surface area contributed by atoms with Crippen LogP contribution in [0.2, 0.25) is 0 Å². The first-order valence-corrected chi connectivity index (χ1v) is 7.02. The summed E-state index contributed by atoms with van der Waals surface area (Å²) in [5, 5.41) is 15.3. The smallest absolute Gasteiger partial charge is 0.326 e. The average Bonchev–Trinajstić information content (AvgIpc) is 2.73. The third kappa shape index (κ3) is 3.69. The van der Waals surface area contributed by atoms with E-state index in [4.69, 9.17) is 0 Å². The lowest BCUT2D eigenvalue weighted by atomic mass is 9.84. The highest BCUT2D eigenvalue weighted by molar-refractivity contribution is 5.90. The number of nitrogens with one attached hydrogen (secondary N) is 2. The number of carbonyl (C=O) groups excluding carboxylic acids is 1. The van der Waals surface area contributed by atoms with Gasteiger partial charge in [-0.3, -0.25) is 4.79 Å². The van der Waals surface area contributed by atoms with E-state index in [1.165, 1.54) is 0 Å². The summed E-state index contributed by atoms with van der Waals surface area (Å²) in [7, 11) is 0. The van der Waals surface area contributed by atoms with Crippen molar-refractivity contribution in [3.05, 3.63) is 0 Å². The van der Waals surface area contributed by atoms with Gasteiger partial charge in [0, 0.05) is 0 Å². The molecule has 1 aliphatic heterocycles. The van der Waals surface area contributed by atoms with Gasteiger partial charge >= 0.3 is 5.97 Å². The van der Waals surface area contributed by atoms with Gasteiger partial charge in [-0.2, -0.15) is 0 Å². The molecular weight excluding hydrogens is 244 g/mol. The average molecular weight is 270 g/mol. The Kier molecular flexibility index (Phi) is 4.96. The molecule has 1 aliphatic rings. The zero-order valence-corrected chi connectivity index (χ0v) is 12.4. The first-order valence-electron chi connectivity index (χ1n) is 7.02. The third-order valence-corrected chi connectivity index (χ3v) is 3.74. The van der Waals surface area contributed by atoms with Crippen LogP contribution in [0.15, 0.2) is 0 Å². The molecule has 5 nitrogen and oxygen atoms in total. The molecule has 1 saturated heterocycles. The molecular formula is C14H26N2O3. The molecule has 19 heavy (non-hydrogen) atoms. The highest BCUT2D eigenvalue weighted by atomic mass is 16.4. The van der Waals surface area contributed by atoms with Gasteiger partial charge < -0.3 is 15.7 Å². The fraction of sp³-hybridized carbons (Fsp3) is 0.857.